The summed E-state index contributed by atoms with van der Waals surface area (Å²) in [6.45, 7) is 9.43. The fraction of sp³-hybridized carbons (Fsp3) is 0.818. The van der Waals surface area contributed by atoms with Gasteiger partial charge in [0.1, 0.15) is 11.2 Å². The maximum absolute atomic E-state index is 11.5. The summed E-state index contributed by atoms with van der Waals surface area (Å²) in [4.78, 5) is 16.6. The summed E-state index contributed by atoms with van der Waals surface area (Å²) in [5, 5.41) is 3.87. The summed E-state index contributed by atoms with van der Waals surface area (Å²) in [5.41, 5.74) is 0.0403. The molecular weight excluding hydrogens is 194 g/mol. The molecule has 0 aromatic heterocycles. The first-order valence-corrected chi connectivity index (χ1v) is 5.14. The van der Waals surface area contributed by atoms with E-state index in [1.54, 1.807) is 0 Å². The fourth-order valence-electron chi connectivity index (χ4n) is 1.38. The SMILES string of the molecule is CC(C)(C)OC(=O)CC1=NOC(C)(C)C1. The van der Waals surface area contributed by atoms with Crippen LogP contribution >= 0.6 is 0 Å². The van der Waals surface area contributed by atoms with Crippen LogP contribution in [0.3, 0.4) is 0 Å². The topological polar surface area (TPSA) is 47.9 Å². The molecule has 0 unspecified atom stereocenters. The molecule has 1 aliphatic rings. The molecule has 1 rings (SSSR count). The van der Waals surface area contributed by atoms with Gasteiger partial charge in [0.2, 0.25) is 0 Å². The molecule has 0 aliphatic carbocycles. The molecular formula is C11H19NO3. The summed E-state index contributed by atoms with van der Waals surface area (Å²) in [6, 6.07) is 0. The number of ether oxygens (including phenoxy) is 1. The summed E-state index contributed by atoms with van der Waals surface area (Å²) in [7, 11) is 0. The number of nitrogens with zero attached hydrogens (tertiary/aromatic N) is 1. The van der Waals surface area contributed by atoms with Crippen LogP contribution in [0.2, 0.25) is 0 Å². The Morgan fingerprint density at radius 1 is 1.53 bits per heavy atom. The van der Waals surface area contributed by atoms with Gasteiger partial charge in [-0.15, -0.1) is 0 Å². The highest BCUT2D eigenvalue weighted by Crippen LogP contribution is 2.24. The van der Waals surface area contributed by atoms with Crippen molar-refractivity contribution >= 4 is 11.7 Å². The van der Waals surface area contributed by atoms with Gasteiger partial charge in [0, 0.05) is 6.42 Å². The predicted octanol–water partition coefficient (Wildman–Crippen LogP) is 2.27. The van der Waals surface area contributed by atoms with E-state index in [-0.39, 0.29) is 18.0 Å². The van der Waals surface area contributed by atoms with Crippen molar-refractivity contribution in [1.29, 1.82) is 0 Å². The Kier molecular flexibility index (Phi) is 3.07. The largest absolute Gasteiger partial charge is 0.460 e. The van der Waals surface area contributed by atoms with Crippen LogP contribution in [-0.4, -0.2) is 22.9 Å². The third-order valence-corrected chi connectivity index (χ3v) is 1.82. The number of esters is 1. The van der Waals surface area contributed by atoms with E-state index < -0.39 is 5.60 Å². The molecule has 0 fully saturated rings. The Balaban J connectivity index is 2.41. The molecule has 1 aliphatic heterocycles. The summed E-state index contributed by atoms with van der Waals surface area (Å²) in [5.74, 6) is -0.248. The zero-order chi connectivity index (χ0) is 11.7. The highest BCUT2D eigenvalue weighted by atomic mass is 16.7. The molecule has 1 heterocycles. The van der Waals surface area contributed by atoms with Crippen molar-refractivity contribution in [3.8, 4) is 0 Å². The van der Waals surface area contributed by atoms with E-state index in [1.165, 1.54) is 0 Å². The summed E-state index contributed by atoms with van der Waals surface area (Å²) >= 11 is 0. The van der Waals surface area contributed by atoms with Gasteiger partial charge in [-0.1, -0.05) is 5.16 Å². The highest BCUT2D eigenvalue weighted by Gasteiger charge is 2.30. The van der Waals surface area contributed by atoms with Gasteiger partial charge in [-0.3, -0.25) is 4.79 Å². The second-order valence-electron chi connectivity index (χ2n) is 5.45. The normalized spacial score (nSPS) is 19.4. The molecule has 0 bridgehead atoms. The Morgan fingerprint density at radius 3 is 2.53 bits per heavy atom. The molecule has 0 saturated heterocycles. The predicted molar refractivity (Wildman–Crippen MR) is 57.7 cm³/mol. The van der Waals surface area contributed by atoms with Gasteiger partial charge in [-0.2, -0.15) is 0 Å². The molecule has 4 nitrogen and oxygen atoms in total. The molecule has 0 atom stereocenters. The van der Waals surface area contributed by atoms with Crippen LogP contribution in [0.4, 0.5) is 0 Å². The van der Waals surface area contributed by atoms with Gasteiger partial charge in [0.05, 0.1) is 12.1 Å². The quantitative estimate of drug-likeness (QED) is 0.661. The van der Waals surface area contributed by atoms with Crippen molar-refractivity contribution in [2.75, 3.05) is 0 Å². The average molecular weight is 213 g/mol. The monoisotopic (exact) mass is 213 g/mol. The number of carbonyl (C=O) groups is 1. The van der Waals surface area contributed by atoms with Crippen LogP contribution < -0.4 is 0 Å². The molecule has 0 radical (unpaired) electrons. The minimum absolute atomic E-state index is 0.223. The summed E-state index contributed by atoms with van der Waals surface area (Å²) in [6.07, 6.45) is 0.910. The number of carbonyl (C=O) groups excluding carboxylic acids is 1. The van der Waals surface area contributed by atoms with Crippen molar-refractivity contribution in [2.45, 2.75) is 58.7 Å². The van der Waals surface area contributed by atoms with E-state index in [2.05, 4.69) is 5.16 Å². The van der Waals surface area contributed by atoms with Crippen molar-refractivity contribution in [3.05, 3.63) is 0 Å². The Labute approximate surface area is 90.6 Å². The molecule has 15 heavy (non-hydrogen) atoms. The van der Waals surface area contributed by atoms with Gasteiger partial charge < -0.3 is 9.57 Å². The third kappa shape index (κ3) is 4.32. The van der Waals surface area contributed by atoms with Crippen LogP contribution in [-0.2, 0) is 14.4 Å². The smallest absolute Gasteiger partial charge is 0.312 e. The standard InChI is InChI=1S/C11H19NO3/c1-10(2,3)14-9(13)6-8-7-11(4,5)15-12-8/h6-7H2,1-5H3. The highest BCUT2D eigenvalue weighted by molar-refractivity contribution is 5.99. The lowest BCUT2D eigenvalue weighted by molar-refractivity contribution is -0.153. The van der Waals surface area contributed by atoms with Gasteiger partial charge in [-0.05, 0) is 34.6 Å². The zero-order valence-electron chi connectivity index (χ0n) is 10.1. The maximum Gasteiger partial charge on any atom is 0.312 e. The van der Waals surface area contributed by atoms with E-state index in [9.17, 15) is 4.79 Å². The minimum atomic E-state index is -0.438. The molecule has 0 aromatic carbocycles. The van der Waals surface area contributed by atoms with Gasteiger partial charge >= 0.3 is 5.97 Å². The second kappa shape index (κ2) is 3.83. The molecule has 0 spiro atoms. The van der Waals surface area contributed by atoms with E-state index in [0.717, 1.165) is 5.71 Å². The molecule has 0 saturated carbocycles. The molecule has 0 amide bonds. The van der Waals surface area contributed by atoms with Crippen LogP contribution in [0.25, 0.3) is 0 Å². The summed E-state index contributed by atoms with van der Waals surface area (Å²) < 4.78 is 5.19. The first kappa shape index (κ1) is 12.0. The lowest BCUT2D eigenvalue weighted by atomic mass is 10.0. The fourth-order valence-corrected chi connectivity index (χ4v) is 1.38. The molecule has 86 valence electrons. The number of hydrogen-bond acceptors (Lipinski definition) is 4. The zero-order valence-corrected chi connectivity index (χ0v) is 10.1. The van der Waals surface area contributed by atoms with Gasteiger partial charge in [-0.25, -0.2) is 0 Å². The average Bonchev–Trinajstić information content (AvgIpc) is 2.25. The van der Waals surface area contributed by atoms with Crippen LogP contribution in [0.1, 0.15) is 47.5 Å². The molecule has 4 heteroatoms. The minimum Gasteiger partial charge on any atom is -0.460 e. The molecule has 0 N–H and O–H groups in total. The Bertz CT molecular complexity index is 287. The van der Waals surface area contributed by atoms with Crippen molar-refractivity contribution < 1.29 is 14.4 Å². The Hall–Kier alpha value is -1.06. The lowest BCUT2D eigenvalue weighted by Crippen LogP contribution is -2.26. The Morgan fingerprint density at radius 2 is 2.13 bits per heavy atom. The van der Waals surface area contributed by atoms with Crippen LogP contribution in [0.5, 0.6) is 0 Å². The third-order valence-electron chi connectivity index (χ3n) is 1.82. The van der Waals surface area contributed by atoms with Crippen molar-refractivity contribution in [2.24, 2.45) is 5.16 Å². The number of oxime groups is 1. The molecule has 0 aromatic rings. The first-order valence-electron chi connectivity index (χ1n) is 5.14. The lowest BCUT2D eigenvalue weighted by Gasteiger charge is -2.19. The van der Waals surface area contributed by atoms with E-state index in [4.69, 9.17) is 9.57 Å². The van der Waals surface area contributed by atoms with Gasteiger partial charge in [0.25, 0.3) is 0 Å². The van der Waals surface area contributed by atoms with E-state index >= 15 is 0 Å². The number of hydrogen-bond donors (Lipinski definition) is 0. The van der Waals surface area contributed by atoms with E-state index in [0.29, 0.717) is 6.42 Å². The van der Waals surface area contributed by atoms with Crippen LogP contribution in [0.15, 0.2) is 5.16 Å². The second-order valence-corrected chi connectivity index (χ2v) is 5.45. The van der Waals surface area contributed by atoms with Gasteiger partial charge in [0.15, 0.2) is 0 Å². The first-order chi connectivity index (χ1) is 6.68. The number of rotatable bonds is 2. The van der Waals surface area contributed by atoms with Crippen molar-refractivity contribution in [1.82, 2.24) is 0 Å². The maximum atomic E-state index is 11.5. The van der Waals surface area contributed by atoms with E-state index in [1.807, 2.05) is 34.6 Å². The van der Waals surface area contributed by atoms with Crippen LogP contribution in [0, 0.1) is 0 Å². The van der Waals surface area contributed by atoms with Crippen molar-refractivity contribution in [3.63, 3.8) is 0 Å².